The molecule has 0 atom stereocenters. The van der Waals surface area contributed by atoms with Crippen LogP contribution in [0.2, 0.25) is 0 Å². The molecular formula is C25H26N2O6S. The molecule has 1 aromatic heterocycles. The summed E-state index contributed by atoms with van der Waals surface area (Å²) in [5.41, 5.74) is 1.82. The van der Waals surface area contributed by atoms with E-state index in [-0.39, 0.29) is 34.9 Å². The lowest BCUT2D eigenvalue weighted by molar-refractivity contribution is 0.0596. The molecule has 2 aliphatic heterocycles. The van der Waals surface area contributed by atoms with Crippen LogP contribution in [0.5, 0.6) is 11.5 Å². The van der Waals surface area contributed by atoms with Crippen LogP contribution in [0.25, 0.3) is 0 Å². The molecule has 3 aromatic rings. The number of carbonyl (C=O) groups excluding carboxylic acids is 1. The Morgan fingerprint density at radius 1 is 0.941 bits per heavy atom. The number of hydrogen-bond donors (Lipinski definition) is 0. The number of rotatable bonds is 6. The molecule has 178 valence electrons. The molecule has 0 N–H and O–H groups in total. The van der Waals surface area contributed by atoms with Crippen molar-refractivity contribution in [2.24, 2.45) is 0 Å². The first-order chi connectivity index (χ1) is 16.4. The zero-order valence-corrected chi connectivity index (χ0v) is 19.7. The third kappa shape index (κ3) is 4.67. The van der Waals surface area contributed by atoms with E-state index in [4.69, 9.17) is 13.9 Å². The summed E-state index contributed by atoms with van der Waals surface area (Å²) in [4.78, 5) is 17.2. The van der Waals surface area contributed by atoms with E-state index < -0.39 is 9.84 Å². The van der Waals surface area contributed by atoms with Gasteiger partial charge >= 0.3 is 0 Å². The second-order valence-corrected chi connectivity index (χ2v) is 10.5. The van der Waals surface area contributed by atoms with E-state index in [0.717, 1.165) is 36.7 Å². The van der Waals surface area contributed by atoms with Crippen molar-refractivity contribution in [3.63, 3.8) is 0 Å². The van der Waals surface area contributed by atoms with Crippen LogP contribution in [0.4, 0.5) is 0 Å². The van der Waals surface area contributed by atoms with Gasteiger partial charge in [0.1, 0.15) is 11.5 Å². The third-order valence-corrected chi connectivity index (χ3v) is 7.93. The first-order valence-corrected chi connectivity index (χ1v) is 12.8. The van der Waals surface area contributed by atoms with Crippen LogP contribution in [-0.4, -0.2) is 57.1 Å². The molecule has 34 heavy (non-hydrogen) atoms. The fourth-order valence-corrected chi connectivity index (χ4v) is 5.83. The summed E-state index contributed by atoms with van der Waals surface area (Å²) in [5, 5.41) is 0. The first kappa shape index (κ1) is 22.5. The molecule has 8 nitrogen and oxygen atoms in total. The van der Waals surface area contributed by atoms with Crippen molar-refractivity contribution in [3.05, 3.63) is 77.2 Å². The van der Waals surface area contributed by atoms with Crippen LogP contribution in [0.15, 0.2) is 63.9 Å². The lowest BCUT2D eigenvalue weighted by Gasteiger charge is -2.34. The van der Waals surface area contributed by atoms with Crippen molar-refractivity contribution in [2.45, 2.75) is 24.1 Å². The van der Waals surface area contributed by atoms with E-state index in [9.17, 15) is 13.2 Å². The molecule has 0 saturated carbocycles. The standard InChI is InChI=1S/C25H26N2O6S/c1-18-4-2-3-5-24(18)34(29,30)16-20-7-9-22(33-20)25(28)27-12-10-26(11-13-27)15-19-6-8-21-23(14-19)32-17-31-21/h2-9,14H,10-13,15-17H2,1H3. The Labute approximate surface area is 198 Å². The topological polar surface area (TPSA) is 89.3 Å². The molecule has 2 aromatic carbocycles. The molecule has 0 spiro atoms. The van der Waals surface area contributed by atoms with Crippen molar-refractivity contribution < 1.29 is 27.1 Å². The molecule has 1 amide bonds. The normalized spacial score (nSPS) is 16.1. The van der Waals surface area contributed by atoms with E-state index in [2.05, 4.69) is 4.90 Å². The molecule has 0 bridgehead atoms. The van der Waals surface area contributed by atoms with Crippen LogP contribution >= 0.6 is 0 Å². The summed E-state index contributed by atoms with van der Waals surface area (Å²) in [5.74, 6) is 1.46. The van der Waals surface area contributed by atoms with Gasteiger partial charge in [0.2, 0.25) is 6.79 Å². The maximum atomic E-state index is 12.9. The van der Waals surface area contributed by atoms with Crippen molar-refractivity contribution in [2.75, 3.05) is 33.0 Å². The lowest BCUT2D eigenvalue weighted by Crippen LogP contribution is -2.48. The molecule has 0 aliphatic carbocycles. The number of aryl methyl sites for hydroxylation is 1. The molecule has 1 saturated heterocycles. The molecule has 0 radical (unpaired) electrons. The second kappa shape index (κ2) is 9.15. The Balaban J connectivity index is 1.17. The van der Waals surface area contributed by atoms with Gasteiger partial charge in [0.25, 0.3) is 5.91 Å². The number of carbonyl (C=O) groups is 1. The number of benzene rings is 2. The van der Waals surface area contributed by atoms with Crippen LogP contribution in [0, 0.1) is 6.92 Å². The summed E-state index contributed by atoms with van der Waals surface area (Å²) in [7, 11) is -3.56. The minimum absolute atomic E-state index is 0.166. The highest BCUT2D eigenvalue weighted by atomic mass is 32.2. The molecular weight excluding hydrogens is 456 g/mol. The average molecular weight is 483 g/mol. The monoisotopic (exact) mass is 482 g/mol. The Kier molecular flexibility index (Phi) is 6.05. The number of furan rings is 1. The van der Waals surface area contributed by atoms with Gasteiger partial charge in [-0.2, -0.15) is 0 Å². The summed E-state index contributed by atoms with van der Waals surface area (Å²) in [6.07, 6.45) is 0. The summed E-state index contributed by atoms with van der Waals surface area (Å²) >= 11 is 0. The first-order valence-electron chi connectivity index (χ1n) is 11.2. The van der Waals surface area contributed by atoms with Gasteiger partial charge in [0.15, 0.2) is 27.1 Å². The van der Waals surface area contributed by atoms with Crippen LogP contribution in [-0.2, 0) is 22.1 Å². The Bertz CT molecular complexity index is 1310. The number of hydrogen-bond acceptors (Lipinski definition) is 7. The number of sulfone groups is 1. The van der Waals surface area contributed by atoms with Gasteiger partial charge in [-0.3, -0.25) is 9.69 Å². The molecule has 9 heteroatoms. The highest BCUT2D eigenvalue weighted by molar-refractivity contribution is 7.90. The van der Waals surface area contributed by atoms with Gasteiger partial charge in [-0.25, -0.2) is 8.42 Å². The largest absolute Gasteiger partial charge is 0.455 e. The van der Waals surface area contributed by atoms with Gasteiger partial charge in [-0.1, -0.05) is 24.3 Å². The second-order valence-electron chi connectivity index (χ2n) is 8.55. The fourth-order valence-electron chi connectivity index (χ4n) is 4.30. The van der Waals surface area contributed by atoms with E-state index in [0.29, 0.717) is 18.7 Å². The number of ether oxygens (including phenoxy) is 2. The Morgan fingerprint density at radius 2 is 1.71 bits per heavy atom. The number of fused-ring (bicyclic) bond motifs is 1. The maximum Gasteiger partial charge on any atom is 0.289 e. The minimum atomic E-state index is -3.56. The van der Waals surface area contributed by atoms with Gasteiger partial charge in [-0.05, 0) is 48.4 Å². The SMILES string of the molecule is Cc1ccccc1S(=O)(=O)Cc1ccc(C(=O)N2CCN(Cc3ccc4c(c3)OCO4)CC2)o1. The van der Waals surface area contributed by atoms with Crippen molar-refractivity contribution in [1.29, 1.82) is 0 Å². The molecule has 2 aliphatic rings. The van der Waals surface area contributed by atoms with E-state index >= 15 is 0 Å². The third-order valence-electron chi connectivity index (χ3n) is 6.14. The van der Waals surface area contributed by atoms with Gasteiger partial charge in [-0.15, -0.1) is 0 Å². The quantitative estimate of drug-likeness (QED) is 0.533. The zero-order chi connectivity index (χ0) is 23.7. The van der Waals surface area contributed by atoms with Gasteiger partial charge in [0.05, 0.1) is 4.90 Å². The predicted octanol–water partition coefficient (Wildman–Crippen LogP) is 3.25. The summed E-state index contributed by atoms with van der Waals surface area (Å²) < 4.78 is 42.0. The Morgan fingerprint density at radius 3 is 2.50 bits per heavy atom. The summed E-state index contributed by atoms with van der Waals surface area (Å²) in [6.45, 7) is 5.38. The molecule has 3 heterocycles. The smallest absolute Gasteiger partial charge is 0.289 e. The fraction of sp³-hybridized carbons (Fsp3) is 0.320. The van der Waals surface area contributed by atoms with Gasteiger partial charge < -0.3 is 18.8 Å². The molecule has 5 rings (SSSR count). The maximum absolute atomic E-state index is 12.9. The van der Waals surface area contributed by atoms with Crippen molar-refractivity contribution in [3.8, 4) is 11.5 Å². The van der Waals surface area contributed by atoms with Crippen molar-refractivity contribution >= 4 is 15.7 Å². The predicted molar refractivity (Wildman–Crippen MR) is 125 cm³/mol. The van der Waals surface area contributed by atoms with Crippen LogP contribution in [0.3, 0.4) is 0 Å². The van der Waals surface area contributed by atoms with Crippen molar-refractivity contribution in [1.82, 2.24) is 9.80 Å². The highest BCUT2D eigenvalue weighted by Crippen LogP contribution is 2.33. The van der Waals surface area contributed by atoms with E-state index in [1.165, 1.54) is 0 Å². The average Bonchev–Trinajstić information content (AvgIpc) is 3.48. The number of nitrogens with zero attached hydrogens (tertiary/aromatic N) is 2. The van der Waals surface area contributed by atoms with Crippen LogP contribution < -0.4 is 9.47 Å². The highest BCUT2D eigenvalue weighted by Gasteiger charge is 2.26. The van der Waals surface area contributed by atoms with E-state index in [1.54, 1.807) is 48.2 Å². The Hall–Kier alpha value is -3.30. The minimum Gasteiger partial charge on any atom is -0.455 e. The zero-order valence-electron chi connectivity index (χ0n) is 18.9. The molecule has 0 unspecified atom stereocenters. The number of piperazine rings is 1. The number of amides is 1. The summed E-state index contributed by atoms with van der Waals surface area (Å²) in [6, 6.07) is 15.9. The van der Waals surface area contributed by atoms with E-state index in [1.807, 2.05) is 18.2 Å². The van der Waals surface area contributed by atoms with Gasteiger partial charge in [0, 0.05) is 32.7 Å². The lowest BCUT2D eigenvalue weighted by atomic mass is 10.1. The molecule has 1 fully saturated rings. The van der Waals surface area contributed by atoms with Crippen LogP contribution in [0.1, 0.15) is 27.4 Å².